The van der Waals surface area contributed by atoms with Gasteiger partial charge in [-0.15, -0.1) is 0 Å². The van der Waals surface area contributed by atoms with Gasteiger partial charge in [-0.25, -0.2) is 0 Å². The molecule has 6 aromatic rings. The molecule has 0 radical (unpaired) electrons. The predicted octanol–water partition coefficient (Wildman–Crippen LogP) is 8.88. The Hall–Kier alpha value is -5.22. The van der Waals surface area contributed by atoms with Gasteiger partial charge in [-0.05, 0) is 26.0 Å². The van der Waals surface area contributed by atoms with Gasteiger partial charge in [0.2, 0.25) is 0 Å². The molecule has 0 atom stereocenters. The first-order valence-electron chi connectivity index (χ1n) is 14.6. The largest absolute Gasteiger partial charge is 0.357 e. The van der Waals surface area contributed by atoms with Gasteiger partial charge in [0.15, 0.2) is 0 Å². The molecule has 42 heavy (non-hydrogen) atoms. The summed E-state index contributed by atoms with van der Waals surface area (Å²) < 4.78 is 0. The van der Waals surface area contributed by atoms with Crippen LogP contribution in [0.4, 0.5) is 0 Å². The first kappa shape index (κ1) is 23.5. The van der Waals surface area contributed by atoms with E-state index < -0.39 is 5.41 Å². The average molecular weight is 541 g/mol. The summed E-state index contributed by atoms with van der Waals surface area (Å²) in [7, 11) is 0. The van der Waals surface area contributed by atoms with Crippen LogP contribution in [0.5, 0.6) is 0 Å². The van der Waals surface area contributed by atoms with Gasteiger partial charge in [0.05, 0.1) is 28.2 Å². The lowest BCUT2D eigenvalue weighted by atomic mass is 9.76. The maximum atomic E-state index is 5.38. The van der Waals surface area contributed by atoms with Gasteiger partial charge in [0, 0.05) is 73.0 Å². The van der Waals surface area contributed by atoms with Gasteiger partial charge >= 0.3 is 0 Å². The second-order valence-corrected chi connectivity index (χ2v) is 12.0. The number of benzene rings is 4. The highest BCUT2D eigenvalue weighted by Crippen LogP contribution is 2.44. The number of aliphatic imine (C=N–C) groups is 2. The van der Waals surface area contributed by atoms with Crippen LogP contribution in [-0.2, 0) is 6.42 Å². The number of aromatic nitrogens is 2. The van der Waals surface area contributed by atoms with Crippen LogP contribution in [0.25, 0.3) is 45.1 Å². The summed E-state index contributed by atoms with van der Waals surface area (Å²) in [4.78, 5) is 18.4. The molecule has 4 aromatic carbocycles. The smallest absolute Gasteiger partial charge is 0.0733 e. The minimum Gasteiger partial charge on any atom is -0.357 e. The lowest BCUT2D eigenvalue weighted by molar-refractivity contribution is 0.733. The standard InChI is InChI=1S/C38H28N4/c1-38(2)36-28-17-9-7-15-26(28)34(41-36)20-32-24-13-5-3-11-22(24)30(39-32)19-31-23-12-4-6-14-25(23)33(40-31)21-35-27-16-8-10-18-29(27)37(38)42-35/h3-18,20-21,39-40H,19H2,1-2H3. The first-order chi connectivity index (χ1) is 20.6. The molecule has 2 aromatic heterocycles. The second kappa shape index (κ2) is 8.40. The van der Waals surface area contributed by atoms with E-state index in [1.165, 1.54) is 44.1 Å². The summed E-state index contributed by atoms with van der Waals surface area (Å²) >= 11 is 0. The number of fused-ring (bicyclic) bond motifs is 18. The average Bonchev–Trinajstić information content (AvgIpc) is 3.76. The lowest BCUT2D eigenvalue weighted by Gasteiger charge is -2.26. The molecule has 200 valence electrons. The predicted molar refractivity (Wildman–Crippen MR) is 175 cm³/mol. The van der Waals surface area contributed by atoms with E-state index in [2.05, 4.69) is 133 Å². The topological polar surface area (TPSA) is 56.3 Å². The Kier molecular flexibility index (Phi) is 4.70. The Morgan fingerprint density at radius 2 is 0.881 bits per heavy atom. The quantitative estimate of drug-likeness (QED) is 0.193. The number of hydrogen-bond acceptors (Lipinski definition) is 2. The molecular formula is C38H28N4. The van der Waals surface area contributed by atoms with Gasteiger partial charge in [0.1, 0.15) is 0 Å². The van der Waals surface area contributed by atoms with Crippen molar-refractivity contribution in [2.45, 2.75) is 20.3 Å². The molecule has 0 aliphatic carbocycles. The molecule has 0 fully saturated rings. The summed E-state index contributed by atoms with van der Waals surface area (Å²) in [5.41, 5.74) is 12.9. The maximum absolute atomic E-state index is 5.38. The highest BCUT2D eigenvalue weighted by Gasteiger charge is 2.40. The molecule has 0 saturated carbocycles. The fourth-order valence-electron chi connectivity index (χ4n) is 7.11. The number of hydrogen-bond donors (Lipinski definition) is 2. The minimum atomic E-state index is -0.430. The Balaban J connectivity index is 1.39. The van der Waals surface area contributed by atoms with E-state index in [4.69, 9.17) is 9.98 Å². The molecule has 2 N–H and O–H groups in total. The van der Waals surface area contributed by atoms with Crippen molar-refractivity contribution in [3.8, 4) is 0 Å². The Morgan fingerprint density at radius 3 is 1.33 bits per heavy atom. The van der Waals surface area contributed by atoms with E-state index in [1.54, 1.807) is 0 Å². The molecule has 9 rings (SSSR count). The van der Waals surface area contributed by atoms with Gasteiger partial charge < -0.3 is 9.97 Å². The van der Waals surface area contributed by atoms with Crippen LogP contribution in [0.1, 0.15) is 58.9 Å². The maximum Gasteiger partial charge on any atom is 0.0733 e. The Bertz CT molecular complexity index is 2090. The fraction of sp³-hybridized carbons (Fsp3) is 0.105. The number of nitrogens with one attached hydrogen (secondary N) is 2. The molecular weight excluding hydrogens is 512 g/mol. The van der Waals surface area contributed by atoms with Crippen LogP contribution < -0.4 is 0 Å². The monoisotopic (exact) mass is 540 g/mol. The first-order valence-corrected chi connectivity index (χ1v) is 14.6. The molecule has 0 saturated heterocycles. The molecule has 4 nitrogen and oxygen atoms in total. The highest BCUT2D eigenvalue weighted by atomic mass is 14.9. The van der Waals surface area contributed by atoms with Crippen molar-refractivity contribution in [2.75, 3.05) is 0 Å². The molecule has 4 heteroatoms. The van der Waals surface area contributed by atoms with Gasteiger partial charge in [-0.1, -0.05) is 97.1 Å². The normalized spacial score (nSPS) is 16.5. The van der Waals surface area contributed by atoms with Crippen molar-refractivity contribution in [1.82, 2.24) is 9.97 Å². The zero-order valence-corrected chi connectivity index (χ0v) is 23.5. The second-order valence-electron chi connectivity index (χ2n) is 12.0. The molecule has 0 unspecified atom stereocenters. The third-order valence-corrected chi connectivity index (χ3v) is 9.14. The zero-order valence-electron chi connectivity index (χ0n) is 23.5. The number of aromatic amines is 2. The van der Waals surface area contributed by atoms with E-state index in [9.17, 15) is 0 Å². The van der Waals surface area contributed by atoms with Crippen LogP contribution in [0, 0.1) is 5.41 Å². The lowest BCUT2D eigenvalue weighted by Crippen LogP contribution is -2.33. The summed E-state index contributed by atoms with van der Waals surface area (Å²) in [6.45, 7) is 4.52. The van der Waals surface area contributed by atoms with Crippen LogP contribution in [-0.4, -0.2) is 21.4 Å². The number of rotatable bonds is 0. The molecule has 0 spiro atoms. The minimum absolute atomic E-state index is 0.430. The zero-order chi connectivity index (χ0) is 28.0. The van der Waals surface area contributed by atoms with E-state index in [0.29, 0.717) is 0 Å². The van der Waals surface area contributed by atoms with Crippen molar-refractivity contribution in [2.24, 2.45) is 15.4 Å². The fourth-order valence-corrected chi connectivity index (χ4v) is 7.11. The van der Waals surface area contributed by atoms with Crippen LogP contribution >= 0.6 is 0 Å². The molecule has 3 aliphatic heterocycles. The SMILES string of the molecule is CC1(C)C2=NC(=Cc3[nH]c(c4ccccc34)Cc3[nH]c(c4ccccc34)C=C3N=C1c1ccccc13)c1ccccc12. The number of H-pyrrole nitrogens is 2. The van der Waals surface area contributed by atoms with Crippen LogP contribution in [0.3, 0.4) is 0 Å². The Labute approximate surface area is 243 Å². The van der Waals surface area contributed by atoms with E-state index >= 15 is 0 Å². The van der Waals surface area contributed by atoms with E-state index in [0.717, 1.165) is 51.8 Å². The summed E-state index contributed by atoms with van der Waals surface area (Å²) in [5, 5.41) is 4.89. The third-order valence-electron chi connectivity index (χ3n) is 9.14. The van der Waals surface area contributed by atoms with Crippen molar-refractivity contribution in [3.63, 3.8) is 0 Å². The van der Waals surface area contributed by atoms with Gasteiger partial charge in [-0.2, -0.15) is 0 Å². The van der Waals surface area contributed by atoms with Crippen LogP contribution in [0.15, 0.2) is 107 Å². The Morgan fingerprint density at radius 1 is 0.500 bits per heavy atom. The van der Waals surface area contributed by atoms with Crippen molar-refractivity contribution in [3.05, 3.63) is 142 Å². The van der Waals surface area contributed by atoms with Crippen LogP contribution in [0.2, 0.25) is 0 Å². The third kappa shape index (κ3) is 3.23. The molecule has 3 aliphatic rings. The van der Waals surface area contributed by atoms with Gasteiger partial charge in [0.25, 0.3) is 0 Å². The summed E-state index contributed by atoms with van der Waals surface area (Å²) in [5.74, 6) is 0. The molecule has 8 bridgehead atoms. The highest BCUT2D eigenvalue weighted by molar-refractivity contribution is 6.30. The summed E-state index contributed by atoms with van der Waals surface area (Å²) in [6.07, 6.45) is 5.22. The van der Waals surface area contributed by atoms with Gasteiger partial charge in [-0.3, -0.25) is 9.98 Å². The van der Waals surface area contributed by atoms with Crippen molar-refractivity contribution >= 4 is 56.5 Å². The van der Waals surface area contributed by atoms with Crippen molar-refractivity contribution < 1.29 is 0 Å². The van der Waals surface area contributed by atoms with Crippen molar-refractivity contribution in [1.29, 1.82) is 0 Å². The molecule has 5 heterocycles. The molecule has 0 amide bonds. The number of nitrogens with zero attached hydrogens (tertiary/aromatic N) is 2. The van der Waals surface area contributed by atoms with E-state index in [-0.39, 0.29) is 0 Å². The van der Waals surface area contributed by atoms with E-state index in [1.807, 2.05) is 0 Å². The summed E-state index contributed by atoms with van der Waals surface area (Å²) in [6, 6.07) is 34.6.